The zero-order valence-electron chi connectivity index (χ0n) is 10.9. The molecule has 0 saturated carbocycles. The molecule has 0 fully saturated rings. The fraction of sp³-hybridized carbons (Fsp3) is 0.188. The van der Waals surface area contributed by atoms with E-state index in [2.05, 4.69) is 17.9 Å². The number of nitrogens with zero attached hydrogens (tertiary/aromatic N) is 1. The van der Waals surface area contributed by atoms with E-state index in [4.69, 9.17) is 15.7 Å². The smallest absolute Gasteiger partial charge is 0.122 e. The van der Waals surface area contributed by atoms with Crippen LogP contribution in [-0.2, 0) is 13.0 Å². The Bertz CT molecular complexity index is 656. The maximum atomic E-state index is 8.61. The number of thiophene rings is 1. The number of rotatable bonds is 4. The molecule has 0 amide bonds. The van der Waals surface area contributed by atoms with E-state index in [0.29, 0.717) is 19.6 Å². The lowest BCUT2D eigenvalue weighted by atomic mass is 10.2. The minimum absolute atomic E-state index is 0.374. The Balaban J connectivity index is 1.91. The molecule has 4 heteroatoms. The van der Waals surface area contributed by atoms with Gasteiger partial charge in [0.1, 0.15) is 12.4 Å². The monoisotopic (exact) mass is 282 g/mol. The van der Waals surface area contributed by atoms with Crippen molar-refractivity contribution in [3.8, 4) is 23.7 Å². The number of nitriles is 1. The van der Waals surface area contributed by atoms with Gasteiger partial charge in [-0.3, -0.25) is 0 Å². The van der Waals surface area contributed by atoms with Crippen molar-refractivity contribution in [2.75, 3.05) is 6.54 Å². The predicted molar refractivity (Wildman–Crippen MR) is 80.3 cm³/mol. The molecule has 0 bridgehead atoms. The number of hydrogen-bond donors (Lipinski definition) is 1. The van der Waals surface area contributed by atoms with Crippen LogP contribution >= 0.6 is 11.3 Å². The number of nitrogens with two attached hydrogens (primary N) is 1. The number of ether oxygens (including phenoxy) is 1. The second kappa shape index (κ2) is 7.35. The molecule has 3 nitrogen and oxygen atoms in total. The summed E-state index contributed by atoms with van der Waals surface area (Å²) in [6, 6.07) is 13.7. The predicted octanol–water partition coefficient (Wildman–Crippen LogP) is 2.70. The lowest BCUT2D eigenvalue weighted by molar-refractivity contribution is 0.310. The van der Waals surface area contributed by atoms with Crippen LogP contribution in [0.15, 0.2) is 36.4 Å². The molecule has 2 rings (SSSR count). The average Bonchev–Trinajstić information content (AvgIpc) is 2.93. The first-order chi connectivity index (χ1) is 9.81. The Hall–Kier alpha value is -2.27. The fourth-order valence-electron chi connectivity index (χ4n) is 1.61. The zero-order chi connectivity index (χ0) is 14.2. The van der Waals surface area contributed by atoms with Gasteiger partial charge in [-0.25, -0.2) is 0 Å². The lowest BCUT2D eigenvalue weighted by Crippen LogP contribution is -1.93. The Labute approximate surface area is 122 Å². The third-order valence-corrected chi connectivity index (χ3v) is 3.54. The lowest BCUT2D eigenvalue weighted by Gasteiger charge is -2.04. The van der Waals surface area contributed by atoms with Crippen LogP contribution in [0.1, 0.15) is 15.3 Å². The SMILES string of the molecule is N#CCc1ccc(OCc2ccc(C#CCN)s2)cc1. The van der Waals surface area contributed by atoms with Crippen molar-refractivity contribution in [3.63, 3.8) is 0 Å². The number of benzene rings is 1. The zero-order valence-corrected chi connectivity index (χ0v) is 11.7. The van der Waals surface area contributed by atoms with Crippen LogP contribution in [0.25, 0.3) is 0 Å². The van der Waals surface area contributed by atoms with E-state index >= 15 is 0 Å². The Morgan fingerprint density at radius 1 is 1.15 bits per heavy atom. The molecule has 0 aliphatic heterocycles. The molecule has 2 aromatic rings. The van der Waals surface area contributed by atoms with Gasteiger partial charge >= 0.3 is 0 Å². The topological polar surface area (TPSA) is 59.0 Å². The van der Waals surface area contributed by atoms with Gasteiger partial charge in [0, 0.05) is 4.88 Å². The summed E-state index contributed by atoms with van der Waals surface area (Å²) in [5.41, 5.74) is 6.33. The summed E-state index contributed by atoms with van der Waals surface area (Å²) in [6.07, 6.45) is 0.425. The van der Waals surface area contributed by atoms with Crippen molar-refractivity contribution in [2.45, 2.75) is 13.0 Å². The van der Waals surface area contributed by atoms with Crippen molar-refractivity contribution >= 4 is 11.3 Å². The van der Waals surface area contributed by atoms with Crippen molar-refractivity contribution in [1.29, 1.82) is 5.26 Å². The molecule has 20 heavy (non-hydrogen) atoms. The largest absolute Gasteiger partial charge is 0.488 e. The van der Waals surface area contributed by atoms with Gasteiger partial charge in [0.05, 0.1) is 23.9 Å². The molecule has 0 radical (unpaired) electrons. The van der Waals surface area contributed by atoms with Crippen molar-refractivity contribution in [1.82, 2.24) is 0 Å². The van der Waals surface area contributed by atoms with Crippen LogP contribution in [-0.4, -0.2) is 6.54 Å². The molecule has 0 aliphatic rings. The molecule has 100 valence electrons. The fourth-order valence-corrected chi connectivity index (χ4v) is 2.41. The molecular weight excluding hydrogens is 268 g/mol. The molecular formula is C16H14N2OS. The molecule has 1 aromatic heterocycles. The molecule has 0 saturated heterocycles. The second-order valence-corrected chi connectivity index (χ2v) is 5.21. The van der Waals surface area contributed by atoms with E-state index in [0.717, 1.165) is 21.1 Å². The third kappa shape index (κ3) is 4.13. The summed E-state index contributed by atoms with van der Waals surface area (Å²) < 4.78 is 5.70. The first-order valence-electron chi connectivity index (χ1n) is 6.18. The van der Waals surface area contributed by atoms with E-state index in [1.807, 2.05) is 36.4 Å². The third-order valence-electron chi connectivity index (χ3n) is 2.56. The highest BCUT2D eigenvalue weighted by molar-refractivity contribution is 7.12. The Morgan fingerprint density at radius 2 is 1.95 bits per heavy atom. The summed E-state index contributed by atoms with van der Waals surface area (Å²) in [6.45, 7) is 0.894. The molecule has 0 unspecified atom stereocenters. The van der Waals surface area contributed by atoms with Crippen LogP contribution in [0.5, 0.6) is 5.75 Å². The molecule has 2 N–H and O–H groups in total. The Morgan fingerprint density at radius 3 is 2.65 bits per heavy atom. The maximum absolute atomic E-state index is 8.61. The Kier molecular flexibility index (Phi) is 5.20. The van der Waals surface area contributed by atoms with Gasteiger partial charge in [0.15, 0.2) is 0 Å². The first-order valence-corrected chi connectivity index (χ1v) is 7.00. The summed E-state index contributed by atoms with van der Waals surface area (Å²) >= 11 is 1.61. The number of hydrogen-bond acceptors (Lipinski definition) is 4. The second-order valence-electron chi connectivity index (χ2n) is 4.04. The van der Waals surface area contributed by atoms with Gasteiger partial charge in [-0.05, 0) is 29.8 Å². The van der Waals surface area contributed by atoms with Crippen LogP contribution in [0.4, 0.5) is 0 Å². The maximum Gasteiger partial charge on any atom is 0.122 e. The average molecular weight is 282 g/mol. The van der Waals surface area contributed by atoms with E-state index in [1.54, 1.807) is 11.3 Å². The van der Waals surface area contributed by atoms with Gasteiger partial charge in [0.25, 0.3) is 0 Å². The van der Waals surface area contributed by atoms with Gasteiger partial charge in [-0.2, -0.15) is 5.26 Å². The molecule has 1 aromatic carbocycles. The van der Waals surface area contributed by atoms with E-state index in [1.165, 1.54) is 0 Å². The van der Waals surface area contributed by atoms with Crippen LogP contribution < -0.4 is 10.5 Å². The molecule has 1 heterocycles. The highest BCUT2D eigenvalue weighted by Gasteiger charge is 2.00. The normalized spacial score (nSPS) is 9.40. The van der Waals surface area contributed by atoms with Gasteiger partial charge < -0.3 is 10.5 Å². The minimum atomic E-state index is 0.374. The quantitative estimate of drug-likeness (QED) is 0.877. The summed E-state index contributed by atoms with van der Waals surface area (Å²) in [7, 11) is 0. The van der Waals surface area contributed by atoms with E-state index in [-0.39, 0.29) is 0 Å². The van der Waals surface area contributed by atoms with E-state index < -0.39 is 0 Å². The van der Waals surface area contributed by atoms with Gasteiger partial charge in [0.2, 0.25) is 0 Å². The minimum Gasteiger partial charge on any atom is -0.488 e. The summed E-state index contributed by atoms with van der Waals surface area (Å²) in [5, 5.41) is 8.61. The van der Waals surface area contributed by atoms with Crippen molar-refractivity contribution in [2.24, 2.45) is 5.73 Å². The van der Waals surface area contributed by atoms with Crippen LogP contribution in [0, 0.1) is 23.2 Å². The first kappa shape index (κ1) is 14.1. The summed E-state index contributed by atoms with van der Waals surface area (Å²) in [5.74, 6) is 6.63. The molecule has 0 atom stereocenters. The van der Waals surface area contributed by atoms with Gasteiger partial charge in [-0.15, -0.1) is 11.3 Å². The molecule has 0 spiro atoms. The van der Waals surface area contributed by atoms with E-state index in [9.17, 15) is 0 Å². The highest BCUT2D eigenvalue weighted by Crippen LogP contribution is 2.19. The highest BCUT2D eigenvalue weighted by atomic mass is 32.1. The van der Waals surface area contributed by atoms with Crippen LogP contribution in [0.3, 0.4) is 0 Å². The summed E-state index contributed by atoms with van der Waals surface area (Å²) in [4.78, 5) is 2.12. The van der Waals surface area contributed by atoms with Gasteiger partial charge in [-0.1, -0.05) is 24.0 Å². The van der Waals surface area contributed by atoms with Crippen molar-refractivity contribution < 1.29 is 4.74 Å². The molecule has 0 aliphatic carbocycles. The standard InChI is InChI=1S/C16H14N2OS/c17-10-1-2-15-7-8-16(20-15)12-19-14-5-3-13(4-6-14)9-11-18/h3-8H,9-10,12,17H2. The van der Waals surface area contributed by atoms with Crippen molar-refractivity contribution in [3.05, 3.63) is 51.7 Å². The van der Waals surface area contributed by atoms with Crippen LogP contribution in [0.2, 0.25) is 0 Å².